The number of nitrogens with one attached hydrogen (secondary N) is 2. The molecule has 1 rings (SSSR count). The minimum absolute atomic E-state index is 0. The van der Waals surface area contributed by atoms with Crippen LogP contribution in [0.25, 0.3) is 0 Å². The van der Waals surface area contributed by atoms with Crippen LogP contribution in [0.2, 0.25) is 0 Å². The molecule has 1 aliphatic rings. The third-order valence-corrected chi connectivity index (χ3v) is 3.33. The maximum atomic E-state index is 4.27. The zero-order chi connectivity index (χ0) is 12.7. The monoisotopic (exact) mass is 367 g/mol. The summed E-state index contributed by atoms with van der Waals surface area (Å²) in [5.74, 6) is 2.73. The number of aliphatic imine (C=N–C) groups is 1. The molecule has 0 spiro atoms. The van der Waals surface area contributed by atoms with E-state index in [2.05, 4.69) is 36.4 Å². The number of hydrogen-bond acceptors (Lipinski definition) is 1. The fourth-order valence-electron chi connectivity index (χ4n) is 1.88. The van der Waals surface area contributed by atoms with Crippen LogP contribution >= 0.6 is 24.0 Å². The van der Waals surface area contributed by atoms with E-state index in [1.165, 1.54) is 32.1 Å². The second kappa shape index (κ2) is 9.87. The van der Waals surface area contributed by atoms with E-state index in [4.69, 9.17) is 0 Å². The molecule has 0 aromatic rings. The minimum Gasteiger partial charge on any atom is -0.356 e. The van der Waals surface area contributed by atoms with Crippen molar-refractivity contribution in [2.24, 2.45) is 16.8 Å². The lowest BCUT2D eigenvalue weighted by atomic mass is 10.0. The first kappa shape index (κ1) is 18.0. The van der Waals surface area contributed by atoms with Crippen LogP contribution < -0.4 is 10.6 Å². The van der Waals surface area contributed by atoms with Gasteiger partial charge in [0.25, 0.3) is 0 Å². The van der Waals surface area contributed by atoms with Gasteiger partial charge in [0.1, 0.15) is 0 Å². The normalized spacial score (nSPS) is 17.3. The zero-order valence-corrected chi connectivity index (χ0v) is 14.7. The van der Waals surface area contributed by atoms with Gasteiger partial charge < -0.3 is 10.6 Å². The molecule has 4 heteroatoms. The molecule has 0 aliphatic heterocycles. The van der Waals surface area contributed by atoms with Gasteiger partial charge in [-0.1, -0.05) is 26.7 Å². The maximum absolute atomic E-state index is 4.27. The molecular weight excluding hydrogens is 337 g/mol. The lowest BCUT2D eigenvalue weighted by Crippen LogP contribution is -2.42. The highest BCUT2D eigenvalue weighted by molar-refractivity contribution is 14.0. The Bertz CT molecular complexity index is 237. The summed E-state index contributed by atoms with van der Waals surface area (Å²) in [6.07, 6.45) is 6.63. The van der Waals surface area contributed by atoms with Crippen molar-refractivity contribution >= 4 is 29.9 Å². The third kappa shape index (κ3) is 9.00. The van der Waals surface area contributed by atoms with Crippen LogP contribution in [0, 0.1) is 11.8 Å². The Morgan fingerprint density at radius 2 is 1.89 bits per heavy atom. The lowest BCUT2D eigenvalue weighted by Gasteiger charge is -2.18. The molecule has 3 nitrogen and oxygen atoms in total. The zero-order valence-electron chi connectivity index (χ0n) is 12.3. The Kier molecular flexibility index (Phi) is 9.87. The van der Waals surface area contributed by atoms with Gasteiger partial charge in [0, 0.05) is 19.6 Å². The van der Waals surface area contributed by atoms with Crippen LogP contribution in [0.1, 0.15) is 52.9 Å². The van der Waals surface area contributed by atoms with Gasteiger partial charge in [-0.3, -0.25) is 4.99 Å². The standard InChI is InChI=1S/C14H29N3.HI/c1-11(2)5-6-12(3)17-14(15-4)16-10-9-13-7-8-13;/h11-13H,5-10H2,1-4H3,(H2,15,16,17);1H. The van der Waals surface area contributed by atoms with Crippen LogP contribution in [0.3, 0.4) is 0 Å². The van der Waals surface area contributed by atoms with Gasteiger partial charge in [-0.15, -0.1) is 24.0 Å². The number of guanidine groups is 1. The Hall–Kier alpha value is 0. The van der Waals surface area contributed by atoms with Crippen molar-refractivity contribution in [3.05, 3.63) is 0 Å². The molecule has 2 N–H and O–H groups in total. The van der Waals surface area contributed by atoms with E-state index in [0.717, 1.165) is 24.3 Å². The first-order valence-corrected chi connectivity index (χ1v) is 7.09. The average Bonchev–Trinajstić information content (AvgIpc) is 3.09. The minimum atomic E-state index is 0. The summed E-state index contributed by atoms with van der Waals surface area (Å²) in [6, 6.07) is 0.504. The molecule has 1 atom stereocenters. The van der Waals surface area contributed by atoms with E-state index < -0.39 is 0 Å². The van der Waals surface area contributed by atoms with Crippen LogP contribution in [0.4, 0.5) is 0 Å². The summed E-state index contributed by atoms with van der Waals surface area (Å²) in [5, 5.41) is 6.85. The smallest absolute Gasteiger partial charge is 0.191 e. The second-order valence-corrected chi connectivity index (χ2v) is 5.75. The SMILES string of the molecule is CN=C(NCCC1CC1)NC(C)CCC(C)C.I. The van der Waals surface area contributed by atoms with Crippen LogP contribution in [0.15, 0.2) is 4.99 Å². The van der Waals surface area contributed by atoms with Crippen molar-refractivity contribution in [1.29, 1.82) is 0 Å². The summed E-state index contributed by atoms with van der Waals surface area (Å²) in [5.41, 5.74) is 0. The molecule has 0 amide bonds. The predicted octanol–water partition coefficient (Wildman–Crippen LogP) is 3.39. The molecule has 1 unspecified atom stereocenters. The van der Waals surface area contributed by atoms with E-state index in [-0.39, 0.29) is 24.0 Å². The fraction of sp³-hybridized carbons (Fsp3) is 0.929. The van der Waals surface area contributed by atoms with Crippen molar-refractivity contribution in [3.63, 3.8) is 0 Å². The summed E-state index contributed by atoms with van der Waals surface area (Å²) in [4.78, 5) is 4.27. The first-order valence-electron chi connectivity index (χ1n) is 7.09. The first-order chi connectivity index (χ1) is 8.11. The number of rotatable bonds is 7. The van der Waals surface area contributed by atoms with E-state index in [0.29, 0.717) is 6.04 Å². The van der Waals surface area contributed by atoms with Crippen molar-refractivity contribution in [3.8, 4) is 0 Å². The van der Waals surface area contributed by atoms with Gasteiger partial charge in [0.15, 0.2) is 5.96 Å². The summed E-state index contributed by atoms with van der Waals surface area (Å²) >= 11 is 0. The molecule has 18 heavy (non-hydrogen) atoms. The summed E-state index contributed by atoms with van der Waals surface area (Å²) < 4.78 is 0. The van der Waals surface area contributed by atoms with Gasteiger partial charge in [-0.2, -0.15) is 0 Å². The highest BCUT2D eigenvalue weighted by Crippen LogP contribution is 2.31. The summed E-state index contributed by atoms with van der Waals surface area (Å²) in [7, 11) is 1.85. The van der Waals surface area contributed by atoms with Crippen LogP contribution in [-0.4, -0.2) is 25.6 Å². The molecule has 1 saturated carbocycles. The summed E-state index contributed by atoms with van der Waals surface area (Å²) in [6.45, 7) is 7.84. The molecule has 0 heterocycles. The fourth-order valence-corrected chi connectivity index (χ4v) is 1.88. The molecule has 108 valence electrons. The molecule has 0 aromatic carbocycles. The molecular formula is C14H30IN3. The van der Waals surface area contributed by atoms with Gasteiger partial charge in [-0.25, -0.2) is 0 Å². The number of halogens is 1. The van der Waals surface area contributed by atoms with Gasteiger partial charge in [0.05, 0.1) is 0 Å². The lowest BCUT2D eigenvalue weighted by molar-refractivity contribution is 0.488. The van der Waals surface area contributed by atoms with Crippen molar-refractivity contribution < 1.29 is 0 Å². The second-order valence-electron chi connectivity index (χ2n) is 5.75. The van der Waals surface area contributed by atoms with Gasteiger partial charge in [-0.05, 0) is 38.0 Å². The van der Waals surface area contributed by atoms with Gasteiger partial charge >= 0.3 is 0 Å². The van der Waals surface area contributed by atoms with Gasteiger partial charge in [0.2, 0.25) is 0 Å². The van der Waals surface area contributed by atoms with Crippen LogP contribution in [-0.2, 0) is 0 Å². The Morgan fingerprint density at radius 3 is 2.39 bits per heavy atom. The third-order valence-electron chi connectivity index (χ3n) is 3.33. The molecule has 0 radical (unpaired) electrons. The maximum Gasteiger partial charge on any atom is 0.191 e. The molecule has 0 bridgehead atoms. The topological polar surface area (TPSA) is 36.4 Å². The van der Waals surface area contributed by atoms with E-state index in [9.17, 15) is 0 Å². The molecule has 1 aliphatic carbocycles. The van der Waals surface area contributed by atoms with E-state index in [1.807, 2.05) is 7.05 Å². The van der Waals surface area contributed by atoms with Crippen LogP contribution in [0.5, 0.6) is 0 Å². The Morgan fingerprint density at radius 1 is 1.22 bits per heavy atom. The molecule has 1 fully saturated rings. The largest absolute Gasteiger partial charge is 0.356 e. The Labute approximate surface area is 130 Å². The van der Waals surface area contributed by atoms with Crippen molar-refractivity contribution in [2.45, 2.75) is 58.9 Å². The van der Waals surface area contributed by atoms with E-state index >= 15 is 0 Å². The van der Waals surface area contributed by atoms with E-state index in [1.54, 1.807) is 0 Å². The highest BCUT2D eigenvalue weighted by atomic mass is 127. The molecule has 0 aromatic heterocycles. The predicted molar refractivity (Wildman–Crippen MR) is 90.8 cm³/mol. The highest BCUT2D eigenvalue weighted by Gasteiger charge is 2.20. The van der Waals surface area contributed by atoms with Crippen molar-refractivity contribution in [1.82, 2.24) is 10.6 Å². The number of nitrogens with zero attached hydrogens (tertiary/aromatic N) is 1. The van der Waals surface area contributed by atoms with Crippen molar-refractivity contribution in [2.75, 3.05) is 13.6 Å². The number of hydrogen-bond donors (Lipinski definition) is 2. The average molecular weight is 367 g/mol. The Balaban J connectivity index is 0.00000289. The quantitative estimate of drug-likeness (QED) is 0.411. The molecule has 0 saturated heterocycles.